The van der Waals surface area contributed by atoms with Gasteiger partial charge in [-0.15, -0.1) is 11.8 Å². The molecule has 0 saturated carbocycles. The molecule has 1 unspecified atom stereocenters. The minimum Gasteiger partial charge on any atom is -0.344 e. The minimum absolute atomic E-state index is 0.116. The van der Waals surface area contributed by atoms with Gasteiger partial charge in [-0.3, -0.25) is 4.79 Å². The van der Waals surface area contributed by atoms with Crippen LogP contribution >= 0.6 is 11.8 Å². The maximum absolute atomic E-state index is 12.3. The van der Waals surface area contributed by atoms with Crippen LogP contribution in [0.5, 0.6) is 0 Å². The number of fused-ring (bicyclic) bond motifs is 5. The molecular weight excluding hydrogens is 266 g/mol. The molecule has 0 bridgehead atoms. The lowest BCUT2D eigenvalue weighted by Gasteiger charge is -2.34. The Labute approximate surface area is 122 Å². The summed E-state index contributed by atoms with van der Waals surface area (Å²) >= 11 is 1.67. The first kappa shape index (κ1) is 11.8. The van der Waals surface area contributed by atoms with Crippen molar-refractivity contribution in [2.45, 2.75) is 5.92 Å². The monoisotopic (exact) mass is 279 g/mol. The molecule has 1 aromatic carbocycles. The molecule has 1 aromatic rings. The molecule has 0 N–H and O–H groups in total. The summed E-state index contributed by atoms with van der Waals surface area (Å²) in [7, 11) is 0. The van der Waals surface area contributed by atoms with E-state index in [0.29, 0.717) is 0 Å². The largest absolute Gasteiger partial charge is 0.344 e. The fourth-order valence-corrected chi connectivity index (χ4v) is 3.63. The maximum atomic E-state index is 12.3. The van der Waals surface area contributed by atoms with Crippen molar-refractivity contribution < 1.29 is 4.79 Å². The van der Waals surface area contributed by atoms with Crippen molar-refractivity contribution in [3.8, 4) is 0 Å². The SMILES string of the molecule is O=C1C=C2C3=CSC=CCN3C=CC2c2ccccc21. The molecule has 0 amide bonds. The van der Waals surface area contributed by atoms with E-state index in [1.165, 1.54) is 0 Å². The molecule has 2 heterocycles. The number of rotatable bonds is 0. The Bertz CT molecular complexity index is 711. The van der Waals surface area contributed by atoms with Gasteiger partial charge in [-0.25, -0.2) is 0 Å². The zero-order valence-electron chi connectivity index (χ0n) is 10.8. The van der Waals surface area contributed by atoms with E-state index in [1.54, 1.807) is 17.8 Å². The molecule has 3 aliphatic rings. The Morgan fingerprint density at radius 1 is 1.25 bits per heavy atom. The predicted molar refractivity (Wildman–Crippen MR) is 82.3 cm³/mol. The van der Waals surface area contributed by atoms with E-state index in [2.05, 4.69) is 40.1 Å². The molecule has 2 aliphatic heterocycles. The van der Waals surface area contributed by atoms with Gasteiger partial charge in [0.1, 0.15) is 0 Å². The first-order valence-electron chi connectivity index (χ1n) is 6.65. The summed E-state index contributed by atoms with van der Waals surface area (Å²) in [5.41, 5.74) is 4.22. The first-order valence-corrected chi connectivity index (χ1v) is 7.60. The van der Waals surface area contributed by atoms with Crippen LogP contribution in [0.15, 0.2) is 70.8 Å². The lowest BCUT2D eigenvalue weighted by Crippen LogP contribution is -2.27. The normalized spacial score (nSPS) is 23.3. The molecule has 1 aliphatic carbocycles. The fraction of sp³-hybridized carbons (Fsp3) is 0.118. The molecule has 1 atom stereocenters. The summed E-state index contributed by atoms with van der Waals surface area (Å²) in [6.45, 7) is 0.856. The number of carbonyl (C=O) groups excluding carboxylic acids is 1. The van der Waals surface area contributed by atoms with Crippen molar-refractivity contribution >= 4 is 17.5 Å². The first-order chi connectivity index (χ1) is 9.84. The number of carbonyl (C=O) groups is 1. The number of allylic oxidation sites excluding steroid dienone is 3. The van der Waals surface area contributed by atoms with E-state index in [4.69, 9.17) is 0 Å². The van der Waals surface area contributed by atoms with Crippen molar-refractivity contribution in [2.75, 3.05) is 6.54 Å². The molecule has 3 heteroatoms. The third-order valence-electron chi connectivity index (χ3n) is 3.90. The summed E-state index contributed by atoms with van der Waals surface area (Å²) in [4.78, 5) is 14.5. The molecule has 20 heavy (non-hydrogen) atoms. The van der Waals surface area contributed by atoms with E-state index in [1.807, 2.05) is 18.2 Å². The third kappa shape index (κ3) is 1.70. The van der Waals surface area contributed by atoms with Gasteiger partial charge in [0.15, 0.2) is 5.78 Å². The Morgan fingerprint density at radius 2 is 2.15 bits per heavy atom. The summed E-state index contributed by atoms with van der Waals surface area (Å²) in [5.74, 6) is 0.315. The maximum Gasteiger partial charge on any atom is 0.186 e. The van der Waals surface area contributed by atoms with Gasteiger partial charge in [-0.2, -0.15) is 0 Å². The van der Waals surface area contributed by atoms with Crippen molar-refractivity contribution in [3.63, 3.8) is 0 Å². The summed E-state index contributed by atoms with van der Waals surface area (Å²) < 4.78 is 0. The van der Waals surface area contributed by atoms with Crippen molar-refractivity contribution in [2.24, 2.45) is 0 Å². The second kappa shape index (κ2) is 4.53. The number of nitrogens with zero attached hydrogens (tertiary/aromatic N) is 1. The summed E-state index contributed by atoms with van der Waals surface area (Å²) in [5, 5.41) is 4.22. The van der Waals surface area contributed by atoms with E-state index in [0.717, 1.165) is 28.9 Å². The van der Waals surface area contributed by atoms with Crippen LogP contribution in [0.3, 0.4) is 0 Å². The highest BCUT2D eigenvalue weighted by atomic mass is 32.2. The Morgan fingerprint density at radius 3 is 3.10 bits per heavy atom. The van der Waals surface area contributed by atoms with Gasteiger partial charge in [0.25, 0.3) is 0 Å². The zero-order valence-corrected chi connectivity index (χ0v) is 11.6. The van der Waals surface area contributed by atoms with Gasteiger partial charge in [0.2, 0.25) is 0 Å². The van der Waals surface area contributed by atoms with Crippen LogP contribution in [-0.2, 0) is 0 Å². The van der Waals surface area contributed by atoms with Crippen LogP contribution in [0.25, 0.3) is 0 Å². The van der Waals surface area contributed by atoms with Gasteiger partial charge in [0.05, 0.1) is 5.70 Å². The van der Waals surface area contributed by atoms with Gasteiger partial charge >= 0.3 is 0 Å². The van der Waals surface area contributed by atoms with Gasteiger partial charge < -0.3 is 4.90 Å². The van der Waals surface area contributed by atoms with E-state index >= 15 is 0 Å². The highest BCUT2D eigenvalue weighted by Gasteiger charge is 2.31. The van der Waals surface area contributed by atoms with Gasteiger partial charge in [-0.1, -0.05) is 36.4 Å². The average Bonchev–Trinajstić information content (AvgIpc) is 2.73. The average molecular weight is 279 g/mol. The quantitative estimate of drug-likeness (QED) is 0.720. The topological polar surface area (TPSA) is 20.3 Å². The van der Waals surface area contributed by atoms with E-state index in [9.17, 15) is 4.79 Å². The molecule has 4 rings (SSSR count). The molecule has 0 saturated heterocycles. The van der Waals surface area contributed by atoms with Crippen LogP contribution < -0.4 is 0 Å². The summed E-state index contributed by atoms with van der Waals surface area (Å²) in [6.07, 6.45) is 8.27. The zero-order chi connectivity index (χ0) is 13.5. The fourth-order valence-electron chi connectivity index (χ4n) is 2.96. The van der Waals surface area contributed by atoms with Gasteiger partial charge in [-0.05, 0) is 28.0 Å². The molecule has 0 radical (unpaired) electrons. The highest BCUT2D eigenvalue weighted by Crippen LogP contribution is 2.42. The predicted octanol–water partition coefficient (Wildman–Crippen LogP) is 3.82. The molecule has 98 valence electrons. The van der Waals surface area contributed by atoms with Crippen LogP contribution in [0.1, 0.15) is 21.8 Å². The molecule has 2 nitrogen and oxygen atoms in total. The number of ketones is 1. The van der Waals surface area contributed by atoms with Crippen molar-refractivity contribution in [1.29, 1.82) is 0 Å². The standard InChI is InChI=1S/C17H13NOS/c19-17-10-15-13(12-4-1-2-5-14(12)17)6-8-18-7-3-9-20-11-16(15)18/h1-6,8-11,13H,7H2. The Hall–Kier alpha value is -2.00. The second-order valence-corrected chi connectivity index (χ2v) is 5.81. The smallest absolute Gasteiger partial charge is 0.186 e. The number of thioether (sulfide) groups is 1. The molecular formula is C17H13NOS. The Kier molecular flexibility index (Phi) is 2.67. The number of hydrogen-bond acceptors (Lipinski definition) is 3. The molecule has 0 aromatic heterocycles. The van der Waals surface area contributed by atoms with E-state index in [-0.39, 0.29) is 11.7 Å². The molecule has 0 spiro atoms. The Balaban J connectivity index is 1.89. The van der Waals surface area contributed by atoms with E-state index < -0.39 is 0 Å². The van der Waals surface area contributed by atoms with Crippen LogP contribution in [0.4, 0.5) is 0 Å². The number of hydrogen-bond donors (Lipinski definition) is 0. The van der Waals surface area contributed by atoms with Crippen molar-refractivity contribution in [3.05, 3.63) is 81.9 Å². The second-order valence-electron chi connectivity index (χ2n) is 5.03. The highest BCUT2D eigenvalue weighted by molar-refractivity contribution is 8.04. The minimum atomic E-state index is 0.116. The third-order valence-corrected chi connectivity index (χ3v) is 4.61. The van der Waals surface area contributed by atoms with Crippen LogP contribution in [-0.4, -0.2) is 17.2 Å². The van der Waals surface area contributed by atoms with Crippen LogP contribution in [0.2, 0.25) is 0 Å². The van der Waals surface area contributed by atoms with Gasteiger partial charge in [0, 0.05) is 24.2 Å². The molecule has 0 fully saturated rings. The van der Waals surface area contributed by atoms with Crippen LogP contribution in [0, 0.1) is 0 Å². The number of benzene rings is 1. The summed E-state index contributed by atoms with van der Waals surface area (Å²) in [6, 6.07) is 7.92. The van der Waals surface area contributed by atoms with Crippen molar-refractivity contribution in [1.82, 2.24) is 4.90 Å². The lowest BCUT2D eigenvalue weighted by molar-refractivity contribution is 0.104. The lowest BCUT2D eigenvalue weighted by atomic mass is 9.78.